The first kappa shape index (κ1) is 17.8. The molecule has 1 fully saturated rings. The van der Waals surface area contributed by atoms with Gasteiger partial charge in [0.05, 0.1) is 11.8 Å². The highest BCUT2D eigenvalue weighted by molar-refractivity contribution is 5.85. The predicted molar refractivity (Wildman–Crippen MR) is 70.5 cm³/mol. The Morgan fingerprint density at radius 2 is 1.76 bits per heavy atom. The molecule has 0 aromatic carbocycles. The van der Waals surface area contributed by atoms with Gasteiger partial charge < -0.3 is 10.0 Å². The molecule has 122 valence electrons. The van der Waals surface area contributed by atoms with Crippen molar-refractivity contribution in [2.75, 3.05) is 13.1 Å². The molecule has 1 aliphatic rings. The van der Waals surface area contributed by atoms with Gasteiger partial charge in [-0.1, -0.05) is 20.8 Å². The fourth-order valence-corrected chi connectivity index (χ4v) is 2.96. The van der Waals surface area contributed by atoms with Crippen molar-refractivity contribution in [1.82, 2.24) is 4.90 Å². The van der Waals surface area contributed by atoms with E-state index in [9.17, 15) is 22.8 Å². The maximum absolute atomic E-state index is 12.6. The Hall–Kier alpha value is -1.27. The fraction of sp³-hybridized carbons (Fsp3) is 0.857. The number of carbonyl (C=O) groups excluding carboxylic acids is 1. The molecule has 0 bridgehead atoms. The molecule has 1 amide bonds. The summed E-state index contributed by atoms with van der Waals surface area (Å²) in [6.45, 7) is 3.93. The molecule has 1 aliphatic carbocycles. The van der Waals surface area contributed by atoms with Gasteiger partial charge in [0.1, 0.15) is 6.54 Å². The van der Waals surface area contributed by atoms with Crippen molar-refractivity contribution in [3.8, 4) is 0 Å². The molecule has 0 aromatic heterocycles. The van der Waals surface area contributed by atoms with E-state index in [1.165, 1.54) is 0 Å². The maximum Gasteiger partial charge on any atom is 0.406 e. The van der Waals surface area contributed by atoms with Crippen LogP contribution in [0, 0.1) is 23.7 Å². The first-order valence-corrected chi connectivity index (χ1v) is 7.09. The number of aliphatic carboxylic acids is 1. The number of carboxylic acids is 1. The lowest BCUT2D eigenvalue weighted by atomic mass is 9.94. The largest absolute Gasteiger partial charge is 0.481 e. The zero-order chi connectivity index (χ0) is 16.4. The normalized spacial score (nSPS) is 26.1. The summed E-state index contributed by atoms with van der Waals surface area (Å²) >= 11 is 0. The molecule has 0 aromatic rings. The van der Waals surface area contributed by atoms with Gasteiger partial charge in [-0.3, -0.25) is 9.59 Å². The highest BCUT2D eigenvalue weighted by Gasteiger charge is 2.44. The zero-order valence-corrected chi connectivity index (χ0v) is 12.5. The van der Waals surface area contributed by atoms with Gasteiger partial charge in [-0.15, -0.1) is 0 Å². The van der Waals surface area contributed by atoms with Gasteiger partial charge in [-0.25, -0.2) is 0 Å². The molecule has 1 N–H and O–H groups in total. The van der Waals surface area contributed by atoms with Crippen molar-refractivity contribution < 1.29 is 27.9 Å². The molecule has 1 saturated carbocycles. The van der Waals surface area contributed by atoms with Crippen LogP contribution in [0.2, 0.25) is 0 Å². The van der Waals surface area contributed by atoms with Crippen LogP contribution < -0.4 is 0 Å². The molecule has 3 atom stereocenters. The van der Waals surface area contributed by atoms with Crippen molar-refractivity contribution in [1.29, 1.82) is 0 Å². The van der Waals surface area contributed by atoms with E-state index in [1.54, 1.807) is 13.8 Å². The third kappa shape index (κ3) is 5.21. The quantitative estimate of drug-likeness (QED) is 0.849. The Kier molecular flexibility index (Phi) is 5.64. The summed E-state index contributed by atoms with van der Waals surface area (Å²) in [6.07, 6.45) is -3.80. The third-order valence-electron chi connectivity index (χ3n) is 3.70. The Balaban J connectivity index is 2.90. The Morgan fingerprint density at radius 1 is 1.24 bits per heavy atom. The second kappa shape index (κ2) is 6.66. The summed E-state index contributed by atoms with van der Waals surface area (Å²) in [4.78, 5) is 24.3. The minimum Gasteiger partial charge on any atom is -0.481 e. The Labute approximate surface area is 122 Å². The predicted octanol–water partition coefficient (Wildman–Crippen LogP) is 2.78. The maximum atomic E-state index is 12.6. The number of hydrogen-bond donors (Lipinski definition) is 1. The first-order valence-electron chi connectivity index (χ1n) is 7.09. The summed E-state index contributed by atoms with van der Waals surface area (Å²) in [5.41, 5.74) is 0. The number of hydrogen-bond acceptors (Lipinski definition) is 2. The van der Waals surface area contributed by atoms with Crippen LogP contribution in [-0.4, -0.2) is 41.1 Å². The van der Waals surface area contributed by atoms with Gasteiger partial charge in [-0.05, 0) is 24.7 Å². The molecule has 0 aliphatic heterocycles. The molecule has 3 unspecified atom stereocenters. The van der Waals surface area contributed by atoms with E-state index in [4.69, 9.17) is 5.11 Å². The van der Waals surface area contributed by atoms with E-state index >= 15 is 0 Å². The van der Waals surface area contributed by atoms with Crippen LogP contribution in [0.5, 0.6) is 0 Å². The number of alkyl halides is 3. The summed E-state index contributed by atoms with van der Waals surface area (Å²) in [6, 6.07) is 0. The van der Waals surface area contributed by atoms with E-state index in [-0.39, 0.29) is 18.4 Å². The van der Waals surface area contributed by atoms with E-state index in [2.05, 4.69) is 0 Å². The lowest BCUT2D eigenvalue weighted by molar-refractivity contribution is -0.167. The van der Waals surface area contributed by atoms with Crippen molar-refractivity contribution in [3.05, 3.63) is 0 Å². The van der Waals surface area contributed by atoms with Crippen molar-refractivity contribution in [2.45, 2.75) is 39.8 Å². The number of carboxylic acid groups (broad SMARTS) is 1. The van der Waals surface area contributed by atoms with Crippen LogP contribution in [0.1, 0.15) is 33.6 Å². The fourth-order valence-electron chi connectivity index (χ4n) is 2.96. The van der Waals surface area contributed by atoms with E-state index in [1.807, 2.05) is 6.92 Å². The van der Waals surface area contributed by atoms with Crippen molar-refractivity contribution >= 4 is 11.9 Å². The lowest BCUT2D eigenvalue weighted by Gasteiger charge is -2.29. The van der Waals surface area contributed by atoms with Crippen molar-refractivity contribution in [2.24, 2.45) is 23.7 Å². The minimum atomic E-state index is -4.48. The second-order valence-corrected chi connectivity index (χ2v) is 6.36. The van der Waals surface area contributed by atoms with Crippen LogP contribution in [-0.2, 0) is 9.59 Å². The van der Waals surface area contributed by atoms with Gasteiger partial charge in [0.25, 0.3) is 0 Å². The molecule has 1 rings (SSSR count). The van der Waals surface area contributed by atoms with Gasteiger partial charge in [0.15, 0.2) is 0 Å². The van der Waals surface area contributed by atoms with Crippen LogP contribution >= 0.6 is 0 Å². The summed E-state index contributed by atoms with van der Waals surface area (Å²) in [5, 5.41) is 9.15. The van der Waals surface area contributed by atoms with E-state index in [0.717, 1.165) is 4.90 Å². The Bertz CT molecular complexity index is 395. The SMILES string of the molecule is CC(C)CN(CC(F)(F)F)C(=O)C1CC(C)CC1C(=O)O. The van der Waals surface area contributed by atoms with E-state index < -0.39 is 36.4 Å². The number of rotatable bonds is 5. The van der Waals surface area contributed by atoms with Gasteiger partial charge in [0, 0.05) is 6.54 Å². The first-order chi connectivity index (χ1) is 9.51. The number of halogens is 3. The molecular formula is C14H22F3NO3. The molecular weight excluding hydrogens is 287 g/mol. The summed E-state index contributed by atoms with van der Waals surface area (Å²) in [7, 11) is 0. The number of nitrogens with zero attached hydrogens (tertiary/aromatic N) is 1. The van der Waals surface area contributed by atoms with Crippen LogP contribution in [0.25, 0.3) is 0 Å². The van der Waals surface area contributed by atoms with Crippen molar-refractivity contribution in [3.63, 3.8) is 0 Å². The minimum absolute atomic E-state index is 0.0183. The Morgan fingerprint density at radius 3 is 2.19 bits per heavy atom. The molecule has 21 heavy (non-hydrogen) atoms. The molecule has 0 spiro atoms. The number of amides is 1. The summed E-state index contributed by atoms with van der Waals surface area (Å²) < 4.78 is 37.9. The average molecular weight is 309 g/mol. The number of carbonyl (C=O) groups is 2. The smallest absolute Gasteiger partial charge is 0.406 e. The van der Waals surface area contributed by atoms with Gasteiger partial charge in [-0.2, -0.15) is 13.2 Å². The molecule has 0 saturated heterocycles. The second-order valence-electron chi connectivity index (χ2n) is 6.36. The lowest BCUT2D eigenvalue weighted by Crippen LogP contribution is -2.45. The topological polar surface area (TPSA) is 57.6 Å². The average Bonchev–Trinajstić information content (AvgIpc) is 2.67. The van der Waals surface area contributed by atoms with Crippen LogP contribution in [0.4, 0.5) is 13.2 Å². The zero-order valence-electron chi connectivity index (χ0n) is 12.5. The third-order valence-corrected chi connectivity index (χ3v) is 3.70. The molecule has 0 radical (unpaired) electrons. The standard InChI is InChI=1S/C14H22F3NO3/c1-8(2)6-18(7-14(15,16)17)12(19)10-4-9(3)5-11(10)13(20)21/h8-11H,4-7H2,1-3H3,(H,20,21). The van der Waals surface area contributed by atoms with E-state index in [0.29, 0.717) is 12.8 Å². The highest BCUT2D eigenvalue weighted by atomic mass is 19.4. The summed E-state index contributed by atoms with van der Waals surface area (Å²) in [5.74, 6) is -3.59. The van der Waals surface area contributed by atoms with Crippen LogP contribution in [0.3, 0.4) is 0 Å². The van der Waals surface area contributed by atoms with Crippen LogP contribution in [0.15, 0.2) is 0 Å². The highest BCUT2D eigenvalue weighted by Crippen LogP contribution is 2.38. The molecule has 4 nitrogen and oxygen atoms in total. The molecule has 7 heteroatoms. The monoisotopic (exact) mass is 309 g/mol. The van der Waals surface area contributed by atoms with Gasteiger partial charge >= 0.3 is 12.1 Å². The van der Waals surface area contributed by atoms with Gasteiger partial charge in [0.2, 0.25) is 5.91 Å². The molecule has 0 heterocycles.